The normalized spacial score (nSPS) is 19.4. The second-order valence-electron chi connectivity index (χ2n) is 4.13. The van der Waals surface area contributed by atoms with Gasteiger partial charge in [0.2, 0.25) is 0 Å². The van der Waals surface area contributed by atoms with Crippen LogP contribution in [0.4, 0.5) is 0 Å². The van der Waals surface area contributed by atoms with E-state index in [9.17, 15) is 0 Å². The van der Waals surface area contributed by atoms with E-state index < -0.39 is 0 Å². The molecule has 2 rings (SSSR count). The Morgan fingerprint density at radius 1 is 1.46 bits per heavy atom. The van der Waals surface area contributed by atoms with Crippen LogP contribution in [0.3, 0.4) is 0 Å². The summed E-state index contributed by atoms with van der Waals surface area (Å²) in [5.41, 5.74) is 0.0823. The summed E-state index contributed by atoms with van der Waals surface area (Å²) >= 11 is 0. The van der Waals surface area contributed by atoms with Crippen LogP contribution in [0.1, 0.15) is 38.3 Å². The summed E-state index contributed by atoms with van der Waals surface area (Å²) in [4.78, 5) is 4.37. The Morgan fingerprint density at radius 3 is 2.54 bits per heavy atom. The summed E-state index contributed by atoms with van der Waals surface area (Å²) in [6.07, 6.45) is 2.31. The number of nitrogens with one attached hydrogen (secondary N) is 2. The highest BCUT2D eigenvalue weighted by atomic mass is 15.3. The minimum absolute atomic E-state index is 0.0823. The van der Waals surface area contributed by atoms with Gasteiger partial charge in [-0.2, -0.15) is 5.10 Å². The molecule has 0 aromatic carbocycles. The average Bonchev–Trinajstić information content (AvgIpc) is 2.65. The van der Waals surface area contributed by atoms with Crippen LogP contribution >= 0.6 is 0 Å². The second-order valence-corrected chi connectivity index (χ2v) is 4.13. The van der Waals surface area contributed by atoms with Gasteiger partial charge in [0.1, 0.15) is 5.82 Å². The number of H-pyrrole nitrogens is 1. The fraction of sp³-hybridized carbons (Fsp3) is 0.778. The molecule has 0 bridgehead atoms. The topological polar surface area (TPSA) is 53.6 Å². The molecular weight excluding hydrogens is 164 g/mol. The van der Waals surface area contributed by atoms with Crippen molar-refractivity contribution in [2.75, 3.05) is 0 Å². The van der Waals surface area contributed by atoms with E-state index in [1.807, 2.05) is 6.92 Å². The van der Waals surface area contributed by atoms with Crippen LogP contribution in [0, 0.1) is 6.92 Å². The molecule has 0 amide bonds. The standard InChI is InChI=1S/C9H16N4/c1-6(2)11-9(4-5-9)8-10-7(3)12-13-8/h6,11H,4-5H2,1-3H3,(H,10,12,13). The van der Waals surface area contributed by atoms with Gasteiger partial charge in [-0.25, -0.2) is 4.98 Å². The van der Waals surface area contributed by atoms with Crippen LogP contribution in [0.15, 0.2) is 0 Å². The van der Waals surface area contributed by atoms with Gasteiger partial charge in [0.25, 0.3) is 0 Å². The van der Waals surface area contributed by atoms with E-state index in [4.69, 9.17) is 0 Å². The molecule has 72 valence electrons. The van der Waals surface area contributed by atoms with E-state index in [0.29, 0.717) is 6.04 Å². The molecule has 1 aromatic heterocycles. The number of hydrogen-bond acceptors (Lipinski definition) is 3. The molecule has 0 spiro atoms. The van der Waals surface area contributed by atoms with Crippen molar-refractivity contribution in [3.05, 3.63) is 11.6 Å². The lowest BCUT2D eigenvalue weighted by Crippen LogP contribution is -2.35. The van der Waals surface area contributed by atoms with Gasteiger partial charge >= 0.3 is 0 Å². The summed E-state index contributed by atoms with van der Waals surface area (Å²) in [5, 5.41) is 10.6. The molecule has 1 aliphatic carbocycles. The van der Waals surface area contributed by atoms with Crippen molar-refractivity contribution < 1.29 is 0 Å². The van der Waals surface area contributed by atoms with Gasteiger partial charge in [-0.3, -0.25) is 5.10 Å². The van der Waals surface area contributed by atoms with Crippen molar-refractivity contribution >= 4 is 0 Å². The number of hydrogen-bond donors (Lipinski definition) is 2. The molecule has 1 aromatic rings. The van der Waals surface area contributed by atoms with Crippen molar-refractivity contribution in [1.29, 1.82) is 0 Å². The van der Waals surface area contributed by atoms with Crippen molar-refractivity contribution in [3.63, 3.8) is 0 Å². The van der Waals surface area contributed by atoms with Gasteiger partial charge in [-0.15, -0.1) is 0 Å². The third kappa shape index (κ3) is 1.58. The van der Waals surface area contributed by atoms with Crippen molar-refractivity contribution in [3.8, 4) is 0 Å². The maximum atomic E-state index is 4.37. The summed E-state index contributed by atoms with van der Waals surface area (Å²) in [6, 6.07) is 0.487. The summed E-state index contributed by atoms with van der Waals surface area (Å²) in [7, 11) is 0. The Hall–Kier alpha value is -0.900. The Morgan fingerprint density at radius 2 is 2.15 bits per heavy atom. The molecule has 0 radical (unpaired) electrons. The predicted octanol–water partition coefficient (Wildman–Crippen LogP) is 1.10. The Labute approximate surface area is 78.1 Å². The Kier molecular flexibility index (Phi) is 1.87. The molecule has 1 fully saturated rings. The van der Waals surface area contributed by atoms with E-state index in [2.05, 4.69) is 34.3 Å². The molecule has 0 unspecified atom stereocenters. The maximum absolute atomic E-state index is 4.37. The molecule has 13 heavy (non-hydrogen) atoms. The average molecular weight is 180 g/mol. The molecular formula is C9H16N4. The molecule has 2 N–H and O–H groups in total. The van der Waals surface area contributed by atoms with Crippen molar-refractivity contribution in [2.24, 2.45) is 0 Å². The molecule has 0 aliphatic heterocycles. The first kappa shape index (κ1) is 8.69. The molecule has 4 heteroatoms. The van der Waals surface area contributed by atoms with Gasteiger partial charge < -0.3 is 5.32 Å². The smallest absolute Gasteiger partial charge is 0.170 e. The largest absolute Gasteiger partial charge is 0.302 e. The van der Waals surface area contributed by atoms with Gasteiger partial charge in [0.05, 0.1) is 5.54 Å². The quantitative estimate of drug-likeness (QED) is 0.732. The SMILES string of the molecule is Cc1nc(C2(NC(C)C)CC2)n[nH]1. The number of nitrogens with zero attached hydrogens (tertiary/aromatic N) is 2. The van der Waals surface area contributed by atoms with E-state index in [-0.39, 0.29) is 5.54 Å². The fourth-order valence-electron chi connectivity index (χ4n) is 1.67. The third-order valence-electron chi connectivity index (χ3n) is 2.34. The Balaban J connectivity index is 2.16. The second kappa shape index (κ2) is 2.80. The van der Waals surface area contributed by atoms with Crippen molar-refractivity contribution in [1.82, 2.24) is 20.5 Å². The summed E-state index contributed by atoms with van der Waals surface area (Å²) < 4.78 is 0. The number of rotatable bonds is 3. The molecule has 1 aliphatic rings. The molecule has 0 atom stereocenters. The van der Waals surface area contributed by atoms with E-state index >= 15 is 0 Å². The van der Waals surface area contributed by atoms with Crippen LogP contribution in [0.5, 0.6) is 0 Å². The highest BCUT2D eigenvalue weighted by Gasteiger charge is 2.47. The monoisotopic (exact) mass is 180 g/mol. The number of aryl methyl sites for hydroxylation is 1. The zero-order valence-electron chi connectivity index (χ0n) is 8.39. The minimum atomic E-state index is 0.0823. The lowest BCUT2D eigenvalue weighted by Gasteiger charge is -2.16. The maximum Gasteiger partial charge on any atom is 0.170 e. The summed E-state index contributed by atoms with van der Waals surface area (Å²) in [6.45, 7) is 6.24. The molecule has 1 saturated carbocycles. The highest BCUT2D eigenvalue weighted by molar-refractivity contribution is 5.16. The lowest BCUT2D eigenvalue weighted by molar-refractivity contribution is 0.442. The van der Waals surface area contributed by atoms with Gasteiger partial charge in [0.15, 0.2) is 5.82 Å². The first-order chi connectivity index (χ1) is 6.12. The van der Waals surface area contributed by atoms with Gasteiger partial charge in [-0.1, -0.05) is 0 Å². The van der Waals surface area contributed by atoms with E-state index in [1.54, 1.807) is 0 Å². The number of aromatic nitrogens is 3. The van der Waals surface area contributed by atoms with E-state index in [0.717, 1.165) is 24.5 Å². The van der Waals surface area contributed by atoms with Crippen LogP contribution in [0.25, 0.3) is 0 Å². The van der Waals surface area contributed by atoms with Gasteiger partial charge in [-0.05, 0) is 33.6 Å². The van der Waals surface area contributed by atoms with Crippen LogP contribution < -0.4 is 5.32 Å². The van der Waals surface area contributed by atoms with Gasteiger partial charge in [0, 0.05) is 6.04 Å². The number of aromatic amines is 1. The zero-order chi connectivity index (χ0) is 9.47. The van der Waals surface area contributed by atoms with Crippen LogP contribution in [-0.2, 0) is 5.54 Å². The molecule has 4 nitrogen and oxygen atoms in total. The first-order valence-electron chi connectivity index (χ1n) is 4.79. The molecule has 0 saturated heterocycles. The molecule has 1 heterocycles. The fourth-order valence-corrected chi connectivity index (χ4v) is 1.67. The summed E-state index contributed by atoms with van der Waals surface area (Å²) in [5.74, 6) is 1.82. The highest BCUT2D eigenvalue weighted by Crippen LogP contribution is 2.43. The van der Waals surface area contributed by atoms with Crippen molar-refractivity contribution in [2.45, 2.75) is 45.2 Å². The predicted molar refractivity (Wildman–Crippen MR) is 50.3 cm³/mol. The lowest BCUT2D eigenvalue weighted by atomic mass is 10.2. The zero-order valence-corrected chi connectivity index (χ0v) is 8.39. The Bertz CT molecular complexity index is 298. The van der Waals surface area contributed by atoms with E-state index in [1.165, 1.54) is 0 Å². The minimum Gasteiger partial charge on any atom is -0.302 e. The first-order valence-corrected chi connectivity index (χ1v) is 4.79. The third-order valence-corrected chi connectivity index (χ3v) is 2.34. The van der Waals surface area contributed by atoms with Crippen LogP contribution in [0.2, 0.25) is 0 Å². The van der Waals surface area contributed by atoms with Crippen LogP contribution in [-0.4, -0.2) is 21.2 Å².